The first-order valence-electron chi connectivity index (χ1n) is 19.7. The number of nitrogens with zero attached hydrogens (tertiary/aromatic N) is 5. The van der Waals surface area contributed by atoms with E-state index in [0.717, 1.165) is 62.8 Å². The molecule has 0 atom stereocenters. The van der Waals surface area contributed by atoms with E-state index in [1.807, 2.05) is 66.5 Å². The van der Waals surface area contributed by atoms with Gasteiger partial charge in [-0.15, -0.1) is 0 Å². The van der Waals surface area contributed by atoms with E-state index in [0.29, 0.717) is 78.3 Å². The van der Waals surface area contributed by atoms with Gasteiger partial charge in [0.25, 0.3) is 0 Å². The van der Waals surface area contributed by atoms with E-state index in [1.165, 1.54) is 0 Å². The molecule has 0 saturated heterocycles. The van der Waals surface area contributed by atoms with E-state index < -0.39 is 11.9 Å². The summed E-state index contributed by atoms with van der Waals surface area (Å²) in [6.45, 7) is 3.29. The second-order valence-electron chi connectivity index (χ2n) is 15.9. The van der Waals surface area contributed by atoms with Crippen molar-refractivity contribution in [3.8, 4) is 39.8 Å². The standard InChI is InChI=1S/C45H48ClN5O7/c1-25-32(8-6-9-33(25)43-48-38-17-26(16-37(46)42(38)58-43)23-49(2)29-14-12-27(13-15-29)44(52)53)34-10-7-11-39-35(34)22-47-51(39)31-20-40(56-4)36(41(21-31)57-5)24-50(3)30-18-28(19-30)45(54)55/h6-11,16-17,20-22,27-30H,12-15,18-19,23-24H2,1-5H3,(H,52,53)(H,54,55). The highest BCUT2D eigenvalue weighted by molar-refractivity contribution is 6.34. The smallest absolute Gasteiger partial charge is 0.306 e. The lowest BCUT2D eigenvalue weighted by molar-refractivity contribution is -0.147. The fourth-order valence-electron chi connectivity index (χ4n) is 8.86. The van der Waals surface area contributed by atoms with E-state index in [4.69, 9.17) is 35.6 Å². The first-order valence-corrected chi connectivity index (χ1v) is 20.1. The second kappa shape index (κ2) is 16.1. The third-order valence-electron chi connectivity index (χ3n) is 12.4. The maximum absolute atomic E-state index is 11.4. The molecule has 0 aliphatic heterocycles. The normalized spacial score (nSPS) is 19.5. The first kappa shape index (κ1) is 39.4. The Bertz CT molecular complexity index is 2490. The van der Waals surface area contributed by atoms with E-state index in [1.54, 1.807) is 14.2 Å². The molecule has 2 aromatic heterocycles. The van der Waals surface area contributed by atoms with Crippen molar-refractivity contribution < 1.29 is 33.7 Å². The van der Waals surface area contributed by atoms with Gasteiger partial charge in [0, 0.05) is 48.3 Å². The van der Waals surface area contributed by atoms with Crippen molar-refractivity contribution in [1.82, 2.24) is 24.6 Å². The summed E-state index contributed by atoms with van der Waals surface area (Å²) in [6.07, 6.45) is 6.24. The number of rotatable bonds is 13. The number of benzene rings is 4. The van der Waals surface area contributed by atoms with Crippen LogP contribution in [-0.4, -0.2) is 87.1 Å². The van der Waals surface area contributed by atoms with Crippen LogP contribution in [0.5, 0.6) is 11.5 Å². The second-order valence-corrected chi connectivity index (χ2v) is 16.3. The number of hydrogen-bond acceptors (Lipinski definition) is 9. The van der Waals surface area contributed by atoms with Gasteiger partial charge in [-0.3, -0.25) is 19.4 Å². The van der Waals surface area contributed by atoms with Gasteiger partial charge in [-0.1, -0.05) is 35.9 Å². The Hall–Kier alpha value is -5.43. The zero-order valence-corrected chi connectivity index (χ0v) is 34.1. The Balaban J connectivity index is 1.06. The van der Waals surface area contributed by atoms with Crippen LogP contribution in [0.3, 0.4) is 0 Å². The molecule has 8 rings (SSSR count). The molecule has 0 bridgehead atoms. The molecule has 13 heteroatoms. The van der Waals surface area contributed by atoms with Crippen molar-refractivity contribution in [2.75, 3.05) is 28.3 Å². The average Bonchev–Trinajstić information content (AvgIpc) is 3.83. The number of carboxylic acids is 2. The number of hydrogen-bond donors (Lipinski definition) is 2. The van der Waals surface area contributed by atoms with Crippen LogP contribution in [0, 0.1) is 18.8 Å². The minimum Gasteiger partial charge on any atom is -0.496 e. The SMILES string of the molecule is COc1cc(-n2ncc3c(-c4cccc(-c5nc6cc(CN(C)C7CCC(C(=O)O)CC7)cc(Cl)c6o5)c4C)cccc32)cc(OC)c1CN(C)C1CC(C(=O)O)C1. The van der Waals surface area contributed by atoms with E-state index in [2.05, 4.69) is 35.9 Å². The van der Waals surface area contributed by atoms with E-state index in [9.17, 15) is 19.8 Å². The number of carboxylic acid groups (broad SMARTS) is 2. The Kier molecular flexibility index (Phi) is 10.9. The number of ether oxygens (including phenoxy) is 2. The number of fused-ring (bicyclic) bond motifs is 2. The van der Waals surface area contributed by atoms with Crippen molar-refractivity contribution in [1.29, 1.82) is 0 Å². The van der Waals surface area contributed by atoms with Gasteiger partial charge in [0.1, 0.15) is 17.0 Å². The molecule has 58 heavy (non-hydrogen) atoms. The van der Waals surface area contributed by atoms with Gasteiger partial charge >= 0.3 is 11.9 Å². The van der Waals surface area contributed by atoms with Crippen LogP contribution < -0.4 is 9.47 Å². The summed E-state index contributed by atoms with van der Waals surface area (Å²) < 4.78 is 20.0. The van der Waals surface area contributed by atoms with Crippen LogP contribution >= 0.6 is 11.6 Å². The molecule has 4 aromatic carbocycles. The molecule has 2 saturated carbocycles. The number of aromatic nitrogens is 3. The van der Waals surface area contributed by atoms with Gasteiger partial charge in [-0.05, 0) is 106 Å². The van der Waals surface area contributed by atoms with Gasteiger partial charge in [0.2, 0.25) is 5.89 Å². The van der Waals surface area contributed by atoms with Crippen LogP contribution in [-0.2, 0) is 22.7 Å². The van der Waals surface area contributed by atoms with Crippen molar-refractivity contribution in [2.45, 2.75) is 70.6 Å². The molecule has 302 valence electrons. The lowest BCUT2D eigenvalue weighted by Crippen LogP contribution is -2.44. The minimum absolute atomic E-state index is 0.182. The molecule has 0 spiro atoms. The van der Waals surface area contributed by atoms with Gasteiger partial charge in [-0.25, -0.2) is 9.67 Å². The molecule has 12 nitrogen and oxygen atoms in total. The third-order valence-corrected chi connectivity index (χ3v) is 12.7. The van der Waals surface area contributed by atoms with Gasteiger partial charge in [-0.2, -0.15) is 5.10 Å². The van der Waals surface area contributed by atoms with Gasteiger partial charge in [0.05, 0.1) is 54.0 Å². The highest BCUT2D eigenvalue weighted by Gasteiger charge is 2.37. The predicted molar refractivity (Wildman–Crippen MR) is 223 cm³/mol. The molecule has 2 aliphatic carbocycles. The Morgan fingerprint density at radius 1 is 0.845 bits per heavy atom. The quantitative estimate of drug-likeness (QED) is 0.116. The van der Waals surface area contributed by atoms with Gasteiger partial charge < -0.3 is 24.1 Å². The summed E-state index contributed by atoms with van der Waals surface area (Å²) in [7, 11) is 7.37. The van der Waals surface area contributed by atoms with Crippen LogP contribution in [0.15, 0.2) is 71.3 Å². The molecule has 0 amide bonds. The van der Waals surface area contributed by atoms with Crippen LogP contribution in [0.1, 0.15) is 55.2 Å². The molecule has 0 unspecified atom stereocenters. The maximum Gasteiger partial charge on any atom is 0.306 e. The zero-order valence-electron chi connectivity index (χ0n) is 33.4. The monoisotopic (exact) mass is 805 g/mol. The van der Waals surface area contributed by atoms with E-state index >= 15 is 0 Å². The molecule has 6 aromatic rings. The largest absolute Gasteiger partial charge is 0.496 e. The molecule has 2 aliphatic rings. The highest BCUT2D eigenvalue weighted by atomic mass is 35.5. The average molecular weight is 806 g/mol. The molecular formula is C45H48ClN5O7. The summed E-state index contributed by atoms with van der Waals surface area (Å²) in [6, 6.07) is 20.7. The van der Waals surface area contributed by atoms with Crippen LogP contribution in [0.4, 0.5) is 0 Å². The van der Waals surface area contributed by atoms with E-state index in [-0.39, 0.29) is 17.9 Å². The Morgan fingerprint density at radius 2 is 1.48 bits per heavy atom. The number of aliphatic carboxylic acids is 2. The fraction of sp³-hybridized carbons (Fsp3) is 0.378. The summed E-state index contributed by atoms with van der Waals surface area (Å²) in [5.41, 5.74) is 8.72. The predicted octanol–water partition coefficient (Wildman–Crippen LogP) is 8.85. The number of halogens is 1. The highest BCUT2D eigenvalue weighted by Crippen LogP contribution is 2.41. The van der Waals surface area contributed by atoms with Crippen LogP contribution in [0.25, 0.3) is 50.3 Å². The van der Waals surface area contributed by atoms with Crippen molar-refractivity contribution in [3.05, 3.63) is 88.6 Å². The first-order chi connectivity index (χ1) is 27.9. The minimum atomic E-state index is -0.736. The lowest BCUT2D eigenvalue weighted by Gasteiger charge is -2.39. The summed E-state index contributed by atoms with van der Waals surface area (Å²) in [4.78, 5) is 32.2. The fourth-order valence-corrected chi connectivity index (χ4v) is 9.14. The molecular weight excluding hydrogens is 758 g/mol. The van der Waals surface area contributed by atoms with Crippen LogP contribution in [0.2, 0.25) is 5.02 Å². The number of methoxy groups -OCH3 is 2. The number of carbonyl (C=O) groups is 2. The number of oxazole rings is 1. The maximum atomic E-state index is 11.4. The summed E-state index contributed by atoms with van der Waals surface area (Å²) >= 11 is 6.81. The van der Waals surface area contributed by atoms with Crippen molar-refractivity contribution in [3.63, 3.8) is 0 Å². The Labute approximate surface area is 341 Å². The molecule has 2 heterocycles. The molecule has 2 N–H and O–H groups in total. The zero-order chi connectivity index (χ0) is 40.8. The summed E-state index contributed by atoms with van der Waals surface area (Å²) in [5.74, 6) is -0.154. The lowest BCUT2D eigenvalue weighted by atomic mass is 9.79. The molecule has 2 fully saturated rings. The van der Waals surface area contributed by atoms with Gasteiger partial charge in [0.15, 0.2) is 5.58 Å². The van der Waals surface area contributed by atoms with Crippen molar-refractivity contribution >= 4 is 45.5 Å². The third kappa shape index (κ3) is 7.40. The summed E-state index contributed by atoms with van der Waals surface area (Å²) in [5, 5.41) is 25.1. The van der Waals surface area contributed by atoms with Crippen molar-refractivity contribution in [2.24, 2.45) is 11.8 Å². The topological polar surface area (TPSA) is 143 Å². The molecule has 0 radical (unpaired) electrons. The Morgan fingerprint density at radius 3 is 2.16 bits per heavy atom.